The fourth-order valence-corrected chi connectivity index (χ4v) is 11.2. The molecule has 3 aliphatic heterocycles. The molecule has 1 atom stereocenters. The fraction of sp³-hybridized carbons (Fsp3) is 0.510. The summed E-state index contributed by atoms with van der Waals surface area (Å²) in [5.41, 5.74) is 5.78. The summed E-state index contributed by atoms with van der Waals surface area (Å²) >= 11 is 6.82. The number of halogens is 1. The van der Waals surface area contributed by atoms with Crippen molar-refractivity contribution in [2.75, 3.05) is 36.4 Å². The van der Waals surface area contributed by atoms with E-state index in [1.807, 2.05) is 42.9 Å². The zero-order chi connectivity index (χ0) is 44.7. The van der Waals surface area contributed by atoms with Gasteiger partial charge in [-0.1, -0.05) is 24.6 Å². The number of imide groups is 1. The summed E-state index contributed by atoms with van der Waals surface area (Å²) in [7, 11) is 0. The Bertz CT molecular complexity index is 2610. The minimum absolute atomic E-state index is 0.217. The summed E-state index contributed by atoms with van der Waals surface area (Å²) in [5, 5.41) is 29.1. The Morgan fingerprint density at radius 3 is 2.37 bits per heavy atom. The quantitative estimate of drug-likeness (QED) is 0.112. The number of amides is 3. The summed E-state index contributed by atoms with van der Waals surface area (Å²) in [4.78, 5) is 52.1. The molecule has 2 saturated carbocycles. The Morgan fingerprint density at radius 2 is 1.69 bits per heavy atom. The number of hydrogen-bond donors (Lipinski definition) is 3. The largest absolute Gasteiger partial charge is 0.374 e. The van der Waals surface area contributed by atoms with Gasteiger partial charge in [-0.3, -0.25) is 24.4 Å². The monoisotopic (exact) mass is 896 g/mol. The van der Waals surface area contributed by atoms with Gasteiger partial charge in [-0.15, -0.1) is 0 Å². The molecule has 5 aromatic rings. The highest BCUT2D eigenvalue weighted by molar-refractivity contribution is 6.31. The molecular formula is C49H57ClN12O3. The van der Waals surface area contributed by atoms with Crippen LogP contribution in [0.4, 0.5) is 11.5 Å². The van der Waals surface area contributed by atoms with Gasteiger partial charge in [-0.25, -0.2) is 14.5 Å². The van der Waals surface area contributed by atoms with Crippen molar-refractivity contribution in [3.05, 3.63) is 77.5 Å². The van der Waals surface area contributed by atoms with Crippen molar-refractivity contribution in [2.45, 2.75) is 127 Å². The van der Waals surface area contributed by atoms with Gasteiger partial charge in [0.1, 0.15) is 29.0 Å². The van der Waals surface area contributed by atoms with E-state index in [0.717, 1.165) is 131 Å². The third-order valence-corrected chi connectivity index (χ3v) is 15.6. The van der Waals surface area contributed by atoms with Gasteiger partial charge in [0.25, 0.3) is 0 Å². The number of nitrogens with one attached hydrogen (secondary N) is 3. The molecule has 338 valence electrons. The van der Waals surface area contributed by atoms with Crippen LogP contribution in [0.15, 0.2) is 61.3 Å². The summed E-state index contributed by atoms with van der Waals surface area (Å²) in [6, 6.07) is 13.1. The first-order valence-electron chi connectivity index (χ1n) is 23.7. The third-order valence-electron chi connectivity index (χ3n) is 15.3. The van der Waals surface area contributed by atoms with Gasteiger partial charge in [-0.05, 0) is 132 Å². The molecule has 15 nitrogen and oxygen atoms in total. The van der Waals surface area contributed by atoms with Crippen LogP contribution >= 0.6 is 11.6 Å². The van der Waals surface area contributed by atoms with E-state index < -0.39 is 6.04 Å². The van der Waals surface area contributed by atoms with Crippen LogP contribution in [0.2, 0.25) is 5.02 Å². The number of carbonyl (C=O) groups excluding carboxylic acids is 3. The first-order valence-corrected chi connectivity index (χ1v) is 24.0. The molecule has 16 heteroatoms. The molecule has 65 heavy (non-hydrogen) atoms. The highest BCUT2D eigenvalue weighted by Crippen LogP contribution is 2.40. The lowest BCUT2D eigenvalue weighted by Gasteiger charge is -2.42. The average molecular weight is 898 g/mol. The Labute approximate surface area is 384 Å². The van der Waals surface area contributed by atoms with Crippen LogP contribution in [0, 0.1) is 16.7 Å². The molecule has 3 N–H and O–H groups in total. The second kappa shape index (κ2) is 18.2. The third kappa shape index (κ3) is 8.70. The van der Waals surface area contributed by atoms with Crippen molar-refractivity contribution in [3.63, 3.8) is 0 Å². The number of nitrogens with zero attached hydrogens (tertiary/aromatic N) is 9. The van der Waals surface area contributed by atoms with Gasteiger partial charge in [0.05, 0.1) is 41.4 Å². The maximum Gasteiger partial charge on any atom is 0.249 e. The van der Waals surface area contributed by atoms with Crippen LogP contribution < -0.4 is 20.9 Å². The summed E-state index contributed by atoms with van der Waals surface area (Å²) in [6.45, 7) is 5.74. The van der Waals surface area contributed by atoms with Crippen LogP contribution in [0.5, 0.6) is 0 Å². The van der Waals surface area contributed by atoms with Gasteiger partial charge < -0.3 is 20.4 Å². The number of benzene rings is 1. The minimum Gasteiger partial charge on any atom is -0.374 e. The lowest BCUT2D eigenvalue weighted by molar-refractivity contribution is -0.134. The van der Waals surface area contributed by atoms with Crippen molar-refractivity contribution < 1.29 is 14.4 Å². The van der Waals surface area contributed by atoms with E-state index >= 15 is 0 Å². The van der Waals surface area contributed by atoms with Crippen molar-refractivity contribution in [1.82, 2.24) is 44.9 Å². The number of fused-ring (bicyclic) bond motifs is 1. The van der Waals surface area contributed by atoms with Crippen LogP contribution in [-0.4, -0.2) is 96.3 Å². The number of nitriles is 1. The van der Waals surface area contributed by atoms with E-state index in [1.54, 1.807) is 10.7 Å². The molecule has 1 aromatic carbocycles. The van der Waals surface area contributed by atoms with Gasteiger partial charge in [0.15, 0.2) is 0 Å². The fourth-order valence-electron chi connectivity index (χ4n) is 10.9. The number of piperidine rings is 3. The molecule has 5 fully saturated rings. The SMILES string of the molecule is CCC1(C(=O)NC2CCC2)CCN(c2ccc(-c3nc(-c4cnn(C5CCC(N6CCC(c7ccc(NC8CCC(=O)NC8=O)cc7Cl)CC6)CC5)c4)cn4ncc(C#N)c34)cn2)CC1. The molecule has 0 bridgehead atoms. The van der Waals surface area contributed by atoms with E-state index in [9.17, 15) is 19.6 Å². The predicted molar refractivity (Wildman–Crippen MR) is 248 cm³/mol. The Hall–Kier alpha value is -5.85. The number of rotatable bonds is 11. The molecule has 7 heterocycles. The Kier molecular flexibility index (Phi) is 12.1. The molecule has 0 radical (unpaired) electrons. The second-order valence-corrected chi connectivity index (χ2v) is 19.3. The lowest BCUT2D eigenvalue weighted by Crippen LogP contribution is -2.52. The minimum atomic E-state index is -0.438. The van der Waals surface area contributed by atoms with Gasteiger partial charge in [0.2, 0.25) is 17.7 Å². The van der Waals surface area contributed by atoms with E-state index in [0.29, 0.717) is 58.7 Å². The first-order chi connectivity index (χ1) is 31.7. The van der Waals surface area contributed by atoms with Gasteiger partial charge in [-0.2, -0.15) is 15.5 Å². The molecule has 4 aromatic heterocycles. The van der Waals surface area contributed by atoms with Crippen molar-refractivity contribution in [1.29, 1.82) is 5.26 Å². The van der Waals surface area contributed by atoms with Gasteiger partial charge >= 0.3 is 0 Å². The molecule has 5 aliphatic rings. The highest BCUT2D eigenvalue weighted by Gasteiger charge is 2.41. The zero-order valence-corrected chi connectivity index (χ0v) is 37.8. The van der Waals surface area contributed by atoms with Crippen molar-refractivity contribution in [3.8, 4) is 28.6 Å². The zero-order valence-electron chi connectivity index (χ0n) is 37.0. The second-order valence-electron chi connectivity index (χ2n) is 18.9. The molecule has 2 aliphatic carbocycles. The molecule has 1 unspecified atom stereocenters. The number of pyridine rings is 1. The molecule has 10 rings (SSSR count). The number of aromatic nitrogens is 6. The maximum absolute atomic E-state index is 13.3. The Balaban J connectivity index is 0.757. The number of hydrogen-bond acceptors (Lipinski definition) is 11. The number of anilines is 2. The topological polar surface area (TPSA) is 178 Å². The smallest absolute Gasteiger partial charge is 0.249 e. The first kappa shape index (κ1) is 43.1. The van der Waals surface area contributed by atoms with Crippen LogP contribution in [0.3, 0.4) is 0 Å². The Morgan fingerprint density at radius 1 is 0.908 bits per heavy atom. The summed E-state index contributed by atoms with van der Waals surface area (Å²) < 4.78 is 3.84. The predicted octanol–water partition coefficient (Wildman–Crippen LogP) is 7.43. The van der Waals surface area contributed by atoms with Crippen LogP contribution in [-0.2, 0) is 14.4 Å². The van der Waals surface area contributed by atoms with Crippen molar-refractivity contribution >= 4 is 46.3 Å². The van der Waals surface area contributed by atoms with Crippen LogP contribution in [0.1, 0.15) is 120 Å². The van der Waals surface area contributed by atoms with E-state index in [4.69, 9.17) is 26.7 Å². The maximum atomic E-state index is 13.3. The summed E-state index contributed by atoms with van der Waals surface area (Å²) in [5.74, 6) is 0.958. The standard InChI is InChI=1S/C49H57ClN12O3/c1-2-49(48(65)56-35-4-3-5-35)18-22-60(23-19-49)43-14-6-32(26-52-43)45-46-33(25-51)27-54-62(46)30-42(57-45)34-28-53-61(29-34)38-10-8-37(9-11-38)59-20-16-31(17-21-59)39-12-7-36(24-40(39)50)55-41-13-15-44(63)58-47(41)64/h6-7,12,14,24,26-31,35,37-38,41,55H,2-5,8-11,13,15-23H2,1H3,(H,56,65)(H,58,63,64). The van der Waals surface area contributed by atoms with Crippen molar-refractivity contribution in [2.24, 2.45) is 5.41 Å². The molecule has 3 saturated heterocycles. The van der Waals surface area contributed by atoms with E-state index in [-0.39, 0.29) is 23.1 Å². The number of likely N-dealkylation sites (tertiary alicyclic amines) is 1. The van der Waals surface area contributed by atoms with E-state index in [2.05, 4.69) is 60.8 Å². The summed E-state index contributed by atoms with van der Waals surface area (Å²) in [6.07, 6.45) is 22.3. The normalized spacial score (nSPS) is 23.2. The lowest BCUT2D eigenvalue weighted by atomic mass is 9.74. The number of carbonyl (C=O) groups is 3. The molecule has 3 amide bonds. The van der Waals surface area contributed by atoms with Crippen LogP contribution in [0.25, 0.3) is 28.0 Å². The molecular weight excluding hydrogens is 840 g/mol. The molecule has 0 spiro atoms. The van der Waals surface area contributed by atoms with E-state index in [1.165, 1.54) is 6.42 Å². The van der Waals surface area contributed by atoms with Gasteiger partial charge in [0, 0.05) is 65.8 Å². The average Bonchev–Trinajstić information content (AvgIpc) is 3.99. The highest BCUT2D eigenvalue weighted by atomic mass is 35.5.